The standard InChI is InChI=1S/C21H23N3O4/c1-15(22-20(25)16-7-8-18-19(13-16)28-14-27-18)21(26)24-11-9-23(10-12-24)17-5-3-2-4-6-17/h2-8,13,15H,9-12,14H2,1H3,(H,22,25)/t15-/m0/s1. The minimum Gasteiger partial charge on any atom is -0.454 e. The zero-order valence-corrected chi connectivity index (χ0v) is 15.8. The quantitative estimate of drug-likeness (QED) is 0.876. The number of carbonyl (C=O) groups excluding carboxylic acids is 2. The summed E-state index contributed by atoms with van der Waals surface area (Å²) >= 11 is 0. The summed E-state index contributed by atoms with van der Waals surface area (Å²) in [7, 11) is 0. The molecule has 0 spiro atoms. The van der Waals surface area contributed by atoms with Gasteiger partial charge in [0, 0.05) is 37.4 Å². The number of rotatable bonds is 4. The Balaban J connectivity index is 1.32. The van der Waals surface area contributed by atoms with Crippen molar-refractivity contribution < 1.29 is 19.1 Å². The lowest BCUT2D eigenvalue weighted by molar-refractivity contribution is -0.133. The molecule has 0 aliphatic carbocycles. The molecular formula is C21H23N3O4. The van der Waals surface area contributed by atoms with Crippen LogP contribution in [0.5, 0.6) is 11.5 Å². The molecule has 1 atom stereocenters. The molecule has 2 heterocycles. The lowest BCUT2D eigenvalue weighted by Crippen LogP contribution is -2.54. The largest absolute Gasteiger partial charge is 0.454 e. The number of para-hydroxylation sites is 1. The van der Waals surface area contributed by atoms with E-state index in [4.69, 9.17) is 9.47 Å². The van der Waals surface area contributed by atoms with Crippen LogP contribution in [0.3, 0.4) is 0 Å². The number of benzene rings is 2. The molecule has 1 fully saturated rings. The molecule has 2 aliphatic rings. The molecule has 0 bridgehead atoms. The Kier molecular flexibility index (Phi) is 5.06. The van der Waals surface area contributed by atoms with Crippen molar-refractivity contribution in [2.45, 2.75) is 13.0 Å². The van der Waals surface area contributed by atoms with Crippen molar-refractivity contribution >= 4 is 17.5 Å². The molecule has 2 aromatic rings. The first-order chi connectivity index (χ1) is 13.6. The van der Waals surface area contributed by atoms with E-state index in [1.54, 1.807) is 25.1 Å². The maximum atomic E-state index is 12.7. The van der Waals surface area contributed by atoms with Gasteiger partial charge in [-0.1, -0.05) is 18.2 Å². The second kappa shape index (κ2) is 7.80. The fraction of sp³-hybridized carbons (Fsp3) is 0.333. The Morgan fingerprint density at radius 1 is 0.964 bits per heavy atom. The Morgan fingerprint density at radius 2 is 1.68 bits per heavy atom. The predicted octanol–water partition coefficient (Wildman–Crippen LogP) is 1.88. The van der Waals surface area contributed by atoms with Crippen LogP contribution in [0.4, 0.5) is 5.69 Å². The van der Waals surface area contributed by atoms with Crippen LogP contribution in [0.25, 0.3) is 0 Å². The molecule has 2 aromatic carbocycles. The lowest BCUT2D eigenvalue weighted by atomic mass is 10.1. The number of carbonyl (C=O) groups is 2. The highest BCUT2D eigenvalue weighted by Crippen LogP contribution is 2.32. The van der Waals surface area contributed by atoms with Crippen molar-refractivity contribution in [3.05, 3.63) is 54.1 Å². The van der Waals surface area contributed by atoms with Crippen molar-refractivity contribution in [3.8, 4) is 11.5 Å². The van der Waals surface area contributed by atoms with Gasteiger partial charge in [-0.2, -0.15) is 0 Å². The third-order valence-corrected chi connectivity index (χ3v) is 5.07. The lowest BCUT2D eigenvalue weighted by Gasteiger charge is -2.37. The van der Waals surface area contributed by atoms with E-state index < -0.39 is 6.04 Å². The van der Waals surface area contributed by atoms with Crippen molar-refractivity contribution in [2.75, 3.05) is 37.9 Å². The fourth-order valence-electron chi connectivity index (χ4n) is 3.48. The molecule has 7 nitrogen and oxygen atoms in total. The number of anilines is 1. The van der Waals surface area contributed by atoms with Gasteiger partial charge in [0.2, 0.25) is 12.7 Å². The Morgan fingerprint density at radius 3 is 2.43 bits per heavy atom. The number of nitrogens with zero attached hydrogens (tertiary/aromatic N) is 2. The number of piperazine rings is 1. The number of fused-ring (bicyclic) bond motifs is 1. The predicted molar refractivity (Wildman–Crippen MR) is 105 cm³/mol. The number of ether oxygens (including phenoxy) is 2. The molecule has 1 saturated heterocycles. The van der Waals surface area contributed by atoms with Gasteiger partial charge >= 0.3 is 0 Å². The van der Waals surface area contributed by atoms with Crippen LogP contribution in [-0.4, -0.2) is 55.7 Å². The van der Waals surface area contributed by atoms with Gasteiger partial charge in [-0.3, -0.25) is 9.59 Å². The Hall–Kier alpha value is -3.22. The van der Waals surface area contributed by atoms with E-state index in [1.807, 2.05) is 23.1 Å². The van der Waals surface area contributed by atoms with E-state index in [1.165, 1.54) is 5.69 Å². The van der Waals surface area contributed by atoms with Crippen molar-refractivity contribution in [2.24, 2.45) is 0 Å². The van der Waals surface area contributed by atoms with Gasteiger partial charge in [0.05, 0.1) is 0 Å². The van der Waals surface area contributed by atoms with E-state index in [0.717, 1.165) is 13.1 Å². The zero-order chi connectivity index (χ0) is 19.5. The van der Waals surface area contributed by atoms with Gasteiger partial charge < -0.3 is 24.6 Å². The first kappa shape index (κ1) is 18.2. The molecule has 0 unspecified atom stereocenters. The molecule has 7 heteroatoms. The van der Waals surface area contributed by atoms with Crippen LogP contribution in [0, 0.1) is 0 Å². The molecule has 4 rings (SSSR count). The number of nitrogens with one attached hydrogen (secondary N) is 1. The second-order valence-electron chi connectivity index (χ2n) is 6.91. The summed E-state index contributed by atoms with van der Waals surface area (Å²) in [6.45, 7) is 4.70. The Labute approximate surface area is 163 Å². The summed E-state index contributed by atoms with van der Waals surface area (Å²) in [4.78, 5) is 29.3. The molecule has 2 aliphatic heterocycles. The van der Waals surface area contributed by atoms with Crippen LogP contribution in [0.15, 0.2) is 48.5 Å². The molecular weight excluding hydrogens is 358 g/mol. The Bertz CT molecular complexity index is 863. The fourth-order valence-corrected chi connectivity index (χ4v) is 3.48. The van der Waals surface area contributed by atoms with Crippen LogP contribution in [0.1, 0.15) is 17.3 Å². The van der Waals surface area contributed by atoms with Gasteiger partial charge in [0.1, 0.15) is 6.04 Å². The molecule has 0 saturated carbocycles. The maximum absolute atomic E-state index is 12.7. The molecule has 28 heavy (non-hydrogen) atoms. The van der Waals surface area contributed by atoms with E-state index in [0.29, 0.717) is 30.2 Å². The first-order valence-corrected chi connectivity index (χ1v) is 9.41. The third kappa shape index (κ3) is 3.74. The molecule has 1 N–H and O–H groups in total. The summed E-state index contributed by atoms with van der Waals surface area (Å²) in [5, 5.41) is 2.79. The summed E-state index contributed by atoms with van der Waals surface area (Å²) < 4.78 is 10.6. The topological polar surface area (TPSA) is 71.1 Å². The number of amides is 2. The van der Waals surface area contributed by atoms with Crippen molar-refractivity contribution in [1.29, 1.82) is 0 Å². The third-order valence-electron chi connectivity index (χ3n) is 5.07. The van der Waals surface area contributed by atoms with Crippen LogP contribution in [-0.2, 0) is 4.79 Å². The minimum absolute atomic E-state index is 0.0678. The number of hydrogen-bond donors (Lipinski definition) is 1. The normalized spacial score (nSPS) is 16.6. The maximum Gasteiger partial charge on any atom is 0.252 e. The highest BCUT2D eigenvalue weighted by Gasteiger charge is 2.26. The smallest absolute Gasteiger partial charge is 0.252 e. The summed E-state index contributed by atoms with van der Waals surface area (Å²) in [6, 6.07) is 14.6. The van der Waals surface area contributed by atoms with E-state index in [-0.39, 0.29) is 18.6 Å². The average Bonchev–Trinajstić information content (AvgIpc) is 3.22. The van der Waals surface area contributed by atoms with Crippen molar-refractivity contribution in [1.82, 2.24) is 10.2 Å². The van der Waals surface area contributed by atoms with E-state index in [9.17, 15) is 9.59 Å². The highest BCUT2D eigenvalue weighted by molar-refractivity contribution is 5.98. The average molecular weight is 381 g/mol. The SMILES string of the molecule is C[C@H](NC(=O)c1ccc2c(c1)OCO2)C(=O)N1CCN(c2ccccc2)CC1. The first-order valence-electron chi connectivity index (χ1n) is 9.41. The second-order valence-corrected chi connectivity index (χ2v) is 6.91. The molecule has 2 amide bonds. The van der Waals surface area contributed by atoms with Gasteiger partial charge in [-0.15, -0.1) is 0 Å². The summed E-state index contributed by atoms with van der Waals surface area (Å²) in [5.41, 5.74) is 1.61. The zero-order valence-electron chi connectivity index (χ0n) is 15.8. The number of hydrogen-bond acceptors (Lipinski definition) is 5. The van der Waals surface area contributed by atoms with E-state index >= 15 is 0 Å². The molecule has 0 radical (unpaired) electrons. The molecule has 146 valence electrons. The van der Waals surface area contributed by atoms with Gasteiger partial charge in [0.25, 0.3) is 5.91 Å². The van der Waals surface area contributed by atoms with Crippen LogP contribution < -0.4 is 19.7 Å². The minimum atomic E-state index is -0.596. The summed E-state index contributed by atoms with van der Waals surface area (Å²) in [6.07, 6.45) is 0. The monoisotopic (exact) mass is 381 g/mol. The van der Waals surface area contributed by atoms with Gasteiger partial charge in [0.15, 0.2) is 11.5 Å². The van der Waals surface area contributed by atoms with Gasteiger partial charge in [-0.05, 0) is 37.3 Å². The van der Waals surface area contributed by atoms with Crippen LogP contribution >= 0.6 is 0 Å². The molecule has 0 aromatic heterocycles. The highest BCUT2D eigenvalue weighted by atomic mass is 16.7. The van der Waals surface area contributed by atoms with Crippen molar-refractivity contribution in [3.63, 3.8) is 0 Å². The van der Waals surface area contributed by atoms with Crippen LogP contribution in [0.2, 0.25) is 0 Å². The van der Waals surface area contributed by atoms with E-state index in [2.05, 4.69) is 22.3 Å². The van der Waals surface area contributed by atoms with Gasteiger partial charge in [-0.25, -0.2) is 0 Å². The summed E-state index contributed by atoms with van der Waals surface area (Å²) in [5.74, 6) is 0.796.